The maximum atomic E-state index is 14.2. The van der Waals surface area contributed by atoms with Gasteiger partial charge in [-0.2, -0.15) is 4.98 Å². The molecule has 0 spiro atoms. The summed E-state index contributed by atoms with van der Waals surface area (Å²) in [6.45, 7) is 0. The Morgan fingerprint density at radius 3 is 2.64 bits per heavy atom. The van der Waals surface area contributed by atoms with E-state index in [9.17, 15) is 4.79 Å². The van der Waals surface area contributed by atoms with Crippen molar-refractivity contribution in [2.24, 2.45) is 0 Å². The van der Waals surface area contributed by atoms with Crippen LogP contribution in [0, 0.1) is 0 Å². The third-order valence-electron chi connectivity index (χ3n) is 6.60. The summed E-state index contributed by atoms with van der Waals surface area (Å²) in [7, 11) is 0. The number of aromatic nitrogens is 2. The van der Waals surface area contributed by atoms with Crippen molar-refractivity contribution in [2.75, 3.05) is 0 Å². The zero-order valence-corrected chi connectivity index (χ0v) is 21.8. The molecule has 7 rings (SSSR count). The summed E-state index contributed by atoms with van der Waals surface area (Å²) >= 11 is 11.1. The van der Waals surface area contributed by atoms with Crippen LogP contribution in [0.3, 0.4) is 0 Å². The molecule has 0 fully saturated rings. The van der Waals surface area contributed by atoms with Gasteiger partial charge in [-0.15, -0.1) is 11.3 Å². The summed E-state index contributed by atoms with van der Waals surface area (Å²) in [6, 6.07) is 27.8. The summed E-state index contributed by atoms with van der Waals surface area (Å²) < 4.78 is 9.08. The number of nitrogens with zero attached hydrogens (tertiary/aromatic N) is 2. The van der Waals surface area contributed by atoms with Gasteiger partial charge in [0.1, 0.15) is 5.75 Å². The van der Waals surface area contributed by atoms with Crippen LogP contribution in [0.2, 0.25) is 5.02 Å². The summed E-state index contributed by atoms with van der Waals surface area (Å²) in [5.74, 6) is 0.773. The molecule has 4 aromatic carbocycles. The summed E-state index contributed by atoms with van der Waals surface area (Å²) in [6.07, 6.45) is 0. The highest BCUT2D eigenvalue weighted by Crippen LogP contribution is 2.48. The van der Waals surface area contributed by atoms with E-state index in [4.69, 9.17) is 21.3 Å². The second-order valence-electron chi connectivity index (χ2n) is 8.68. The van der Waals surface area contributed by atoms with E-state index >= 15 is 0 Å². The highest BCUT2D eigenvalue weighted by Gasteiger charge is 2.35. The van der Waals surface area contributed by atoms with Gasteiger partial charge < -0.3 is 4.74 Å². The van der Waals surface area contributed by atoms with E-state index in [0.29, 0.717) is 21.4 Å². The van der Waals surface area contributed by atoms with Gasteiger partial charge in [-0.25, -0.2) is 0 Å². The van der Waals surface area contributed by atoms with Crippen molar-refractivity contribution < 1.29 is 4.74 Å². The second kappa shape index (κ2) is 8.30. The van der Waals surface area contributed by atoms with Gasteiger partial charge >= 0.3 is 0 Å². The van der Waals surface area contributed by atoms with Gasteiger partial charge in [0.25, 0.3) is 5.56 Å². The van der Waals surface area contributed by atoms with Gasteiger partial charge in [-0.3, -0.25) is 9.20 Å². The van der Waals surface area contributed by atoms with Crippen molar-refractivity contribution >= 4 is 54.6 Å². The molecule has 36 heavy (non-hydrogen) atoms. The number of benzene rings is 4. The molecule has 3 heterocycles. The number of fused-ring (bicyclic) bond motifs is 5. The average Bonchev–Trinajstić information content (AvgIpc) is 3.32. The maximum absolute atomic E-state index is 14.2. The third kappa shape index (κ3) is 3.33. The fraction of sp³-hybridized carbons (Fsp3) is 0.0345. The predicted molar refractivity (Wildman–Crippen MR) is 149 cm³/mol. The summed E-state index contributed by atoms with van der Waals surface area (Å²) in [4.78, 5) is 19.7. The van der Waals surface area contributed by atoms with Crippen LogP contribution in [0.25, 0.3) is 27.0 Å². The molecule has 0 radical (unpaired) electrons. The lowest BCUT2D eigenvalue weighted by atomic mass is 9.83. The van der Waals surface area contributed by atoms with Crippen LogP contribution in [-0.4, -0.2) is 9.38 Å². The minimum atomic E-state index is -0.333. The first-order valence-corrected chi connectivity index (χ1v) is 13.4. The Kier molecular flexibility index (Phi) is 5.03. The molecule has 6 aromatic rings. The van der Waals surface area contributed by atoms with Crippen LogP contribution in [0.15, 0.2) is 99.6 Å². The quantitative estimate of drug-likeness (QED) is 0.210. The van der Waals surface area contributed by atoms with E-state index in [1.807, 2.05) is 66.0 Å². The van der Waals surface area contributed by atoms with Crippen molar-refractivity contribution in [1.29, 1.82) is 0 Å². The van der Waals surface area contributed by atoms with Gasteiger partial charge in [0.2, 0.25) is 5.88 Å². The van der Waals surface area contributed by atoms with Crippen molar-refractivity contribution in [3.05, 3.63) is 127 Å². The van der Waals surface area contributed by atoms with Crippen molar-refractivity contribution in [1.82, 2.24) is 9.38 Å². The van der Waals surface area contributed by atoms with E-state index < -0.39 is 0 Å². The highest BCUT2D eigenvalue weighted by atomic mass is 79.9. The van der Waals surface area contributed by atoms with Gasteiger partial charge in [-0.1, -0.05) is 88.2 Å². The molecule has 2 aromatic heterocycles. The monoisotopic (exact) mass is 570 g/mol. The van der Waals surface area contributed by atoms with E-state index in [-0.39, 0.29) is 11.5 Å². The van der Waals surface area contributed by atoms with Crippen molar-refractivity contribution in [2.45, 2.75) is 5.92 Å². The Hall–Kier alpha value is -3.45. The highest BCUT2D eigenvalue weighted by molar-refractivity contribution is 9.10. The lowest BCUT2D eigenvalue weighted by Crippen LogP contribution is -2.26. The molecule has 1 unspecified atom stereocenters. The fourth-order valence-electron chi connectivity index (χ4n) is 4.98. The van der Waals surface area contributed by atoms with E-state index in [2.05, 4.69) is 40.2 Å². The normalized spacial score (nSPS) is 14.4. The lowest BCUT2D eigenvalue weighted by Gasteiger charge is -2.28. The number of hydrogen-bond acceptors (Lipinski definition) is 4. The molecule has 0 saturated carbocycles. The molecule has 0 saturated heterocycles. The number of thiazole rings is 1. The van der Waals surface area contributed by atoms with Crippen LogP contribution in [0.5, 0.6) is 11.6 Å². The molecule has 0 N–H and O–H groups in total. The standard InChI is InChI=1S/C29H16BrClN2O2S/c30-19-6-3-5-18(14-19)24-22-13-10-16-4-1-2-7-21(16)26(22)35-27-25(24)28(34)33-23(15-36-29(33)32-27)17-8-11-20(31)12-9-17/h1-15,24H. The first-order chi connectivity index (χ1) is 17.6. The molecule has 1 aliphatic rings. The van der Waals surface area contributed by atoms with Gasteiger partial charge in [0.05, 0.1) is 11.3 Å². The van der Waals surface area contributed by atoms with Crippen LogP contribution in [0.1, 0.15) is 22.6 Å². The first-order valence-electron chi connectivity index (χ1n) is 11.3. The number of halogens is 2. The molecule has 1 aliphatic heterocycles. The van der Waals surface area contributed by atoms with Crippen molar-refractivity contribution in [3.8, 4) is 22.9 Å². The Balaban J connectivity index is 1.55. The number of ether oxygens (including phenoxy) is 1. The smallest absolute Gasteiger partial charge is 0.267 e. The summed E-state index contributed by atoms with van der Waals surface area (Å²) in [5, 5.41) is 4.67. The second-order valence-corrected chi connectivity index (χ2v) is 10.9. The third-order valence-corrected chi connectivity index (χ3v) is 8.17. The Morgan fingerprint density at radius 2 is 1.81 bits per heavy atom. The predicted octanol–water partition coefficient (Wildman–Crippen LogP) is 8.28. The Morgan fingerprint density at radius 1 is 0.972 bits per heavy atom. The van der Waals surface area contributed by atoms with E-state index in [1.54, 1.807) is 4.40 Å². The number of hydrogen-bond donors (Lipinski definition) is 0. The molecule has 4 nitrogen and oxygen atoms in total. The number of rotatable bonds is 2. The maximum Gasteiger partial charge on any atom is 0.267 e. The van der Waals surface area contributed by atoms with Crippen LogP contribution < -0.4 is 10.3 Å². The zero-order valence-electron chi connectivity index (χ0n) is 18.6. The van der Waals surface area contributed by atoms with Gasteiger partial charge in [-0.05, 0) is 40.8 Å². The van der Waals surface area contributed by atoms with E-state index in [1.165, 1.54) is 11.3 Å². The lowest BCUT2D eigenvalue weighted by molar-refractivity contribution is 0.437. The van der Waals surface area contributed by atoms with Crippen LogP contribution in [-0.2, 0) is 0 Å². The van der Waals surface area contributed by atoms with Gasteiger partial charge in [0, 0.05) is 31.7 Å². The van der Waals surface area contributed by atoms with Crippen molar-refractivity contribution in [3.63, 3.8) is 0 Å². The summed E-state index contributed by atoms with van der Waals surface area (Å²) in [5.41, 5.74) is 4.02. The van der Waals surface area contributed by atoms with Crippen LogP contribution in [0.4, 0.5) is 0 Å². The molecule has 1 atom stereocenters. The molecule has 174 valence electrons. The SMILES string of the molecule is O=c1c2c(nc3scc(-c4ccc(Cl)cc4)n13)Oc1c(ccc3ccccc13)C2c1cccc(Br)c1. The Bertz CT molecular complexity index is 1880. The zero-order chi connectivity index (χ0) is 24.4. The minimum absolute atomic E-state index is 0.134. The van der Waals surface area contributed by atoms with Crippen LogP contribution >= 0.6 is 38.9 Å². The molecule has 0 amide bonds. The largest absolute Gasteiger partial charge is 0.437 e. The minimum Gasteiger partial charge on any atom is -0.437 e. The molecular weight excluding hydrogens is 556 g/mol. The fourth-order valence-corrected chi connectivity index (χ4v) is 6.40. The molecule has 0 aliphatic carbocycles. The molecule has 7 heteroatoms. The van der Waals surface area contributed by atoms with Gasteiger partial charge in [0.15, 0.2) is 4.96 Å². The molecular formula is C29H16BrClN2O2S. The van der Waals surface area contributed by atoms with E-state index in [0.717, 1.165) is 43.4 Å². The Labute approximate surface area is 223 Å². The molecule has 0 bridgehead atoms. The first kappa shape index (κ1) is 21.8. The topological polar surface area (TPSA) is 43.6 Å². The average molecular weight is 572 g/mol.